The molecule has 1 aromatic carbocycles. The third kappa shape index (κ3) is 3.41. The van der Waals surface area contributed by atoms with Gasteiger partial charge in [-0.25, -0.2) is 4.68 Å². The van der Waals surface area contributed by atoms with Crippen molar-refractivity contribution in [3.8, 4) is 0 Å². The molecule has 2 aromatic rings. The highest BCUT2D eigenvalue weighted by molar-refractivity contribution is 5.79. The molecule has 0 saturated carbocycles. The van der Waals surface area contributed by atoms with E-state index in [1.807, 2.05) is 32.0 Å². The smallest absolute Gasteiger partial charge is 0.247 e. The molecule has 0 saturated heterocycles. The van der Waals surface area contributed by atoms with Crippen LogP contribution >= 0.6 is 0 Å². The predicted octanol–water partition coefficient (Wildman–Crippen LogP) is 4.29. The fourth-order valence-electron chi connectivity index (χ4n) is 2.82. The van der Waals surface area contributed by atoms with Gasteiger partial charge in [-0.2, -0.15) is 5.10 Å². The molecule has 0 bridgehead atoms. The van der Waals surface area contributed by atoms with Crippen molar-refractivity contribution in [3.63, 3.8) is 0 Å². The van der Waals surface area contributed by atoms with Gasteiger partial charge in [0.15, 0.2) is 0 Å². The first-order chi connectivity index (χ1) is 10.0. The van der Waals surface area contributed by atoms with Crippen molar-refractivity contribution in [2.45, 2.75) is 52.9 Å². The average molecular weight is 284 g/mol. The molecule has 1 atom stereocenters. The summed E-state index contributed by atoms with van der Waals surface area (Å²) in [6.45, 7) is 8.35. The lowest BCUT2D eigenvalue weighted by molar-refractivity contribution is 0.0884. The fraction of sp³-hybridized carbons (Fsp3) is 0.444. The Morgan fingerprint density at radius 2 is 1.90 bits per heavy atom. The van der Waals surface area contributed by atoms with Crippen LogP contribution in [0.4, 0.5) is 0 Å². The molecule has 1 aromatic heterocycles. The van der Waals surface area contributed by atoms with Gasteiger partial charge in [0.2, 0.25) is 5.91 Å². The highest BCUT2D eigenvalue weighted by Crippen LogP contribution is 2.25. The van der Waals surface area contributed by atoms with Crippen LogP contribution in [0.2, 0.25) is 0 Å². The lowest BCUT2D eigenvalue weighted by Gasteiger charge is -2.09. The summed E-state index contributed by atoms with van der Waals surface area (Å²) in [5.74, 6) is 0.523. The summed E-state index contributed by atoms with van der Waals surface area (Å²) in [5.41, 5.74) is 4.40. The summed E-state index contributed by atoms with van der Waals surface area (Å²) in [6, 6.07) is 10.1. The van der Waals surface area contributed by atoms with Gasteiger partial charge in [-0.15, -0.1) is 0 Å². The summed E-state index contributed by atoms with van der Waals surface area (Å²) in [5, 5.41) is 4.46. The van der Waals surface area contributed by atoms with Gasteiger partial charge in [-0.3, -0.25) is 4.79 Å². The van der Waals surface area contributed by atoms with Gasteiger partial charge < -0.3 is 0 Å². The number of rotatable bonds is 5. The van der Waals surface area contributed by atoms with Crippen molar-refractivity contribution in [2.24, 2.45) is 0 Å². The lowest BCUT2D eigenvalue weighted by Crippen LogP contribution is -2.15. The van der Waals surface area contributed by atoms with Gasteiger partial charge in [-0.1, -0.05) is 44.2 Å². The molecular formula is C18H24N2O. The average Bonchev–Trinajstić information content (AvgIpc) is 2.80. The Labute approximate surface area is 127 Å². The van der Waals surface area contributed by atoms with Crippen LogP contribution in [0.3, 0.4) is 0 Å². The Bertz CT molecular complexity index is 614. The van der Waals surface area contributed by atoms with Crippen molar-refractivity contribution in [3.05, 3.63) is 52.8 Å². The molecule has 0 aliphatic heterocycles. The fourth-order valence-corrected chi connectivity index (χ4v) is 2.82. The zero-order valence-electron chi connectivity index (χ0n) is 13.4. The maximum absolute atomic E-state index is 12.4. The monoisotopic (exact) mass is 284 g/mol. The second-order valence-electron chi connectivity index (χ2n) is 5.68. The zero-order valence-corrected chi connectivity index (χ0v) is 13.4. The molecule has 2 rings (SSSR count). The molecule has 0 fully saturated rings. The number of hydrogen-bond acceptors (Lipinski definition) is 2. The molecule has 0 aliphatic rings. The Hall–Kier alpha value is -1.90. The van der Waals surface area contributed by atoms with Crippen LogP contribution in [-0.2, 0) is 6.42 Å². The highest BCUT2D eigenvalue weighted by atomic mass is 16.2. The van der Waals surface area contributed by atoms with E-state index in [1.54, 1.807) is 4.68 Å². The van der Waals surface area contributed by atoms with Gasteiger partial charge in [-0.05, 0) is 43.7 Å². The van der Waals surface area contributed by atoms with Gasteiger partial charge in [0.05, 0.1) is 5.69 Å². The number of hydrogen-bond donors (Lipinski definition) is 0. The molecule has 1 unspecified atom stereocenters. The van der Waals surface area contributed by atoms with Gasteiger partial charge in [0.25, 0.3) is 0 Å². The predicted molar refractivity (Wildman–Crippen MR) is 85.8 cm³/mol. The third-order valence-electron chi connectivity index (χ3n) is 4.16. The standard InChI is InChI=1S/C18H24N2O/c1-5-13(2)18-14(3)19-20(15(18)4)17(21)12-11-16-9-7-6-8-10-16/h6-10,13H,5,11-12H2,1-4H3. The SMILES string of the molecule is CCC(C)c1c(C)nn(C(=O)CCc2ccccc2)c1C. The van der Waals surface area contributed by atoms with E-state index in [-0.39, 0.29) is 5.91 Å². The first kappa shape index (κ1) is 15.5. The van der Waals surface area contributed by atoms with Crippen LogP contribution in [0.5, 0.6) is 0 Å². The quantitative estimate of drug-likeness (QED) is 0.821. The number of benzene rings is 1. The second kappa shape index (κ2) is 6.70. The first-order valence-electron chi connectivity index (χ1n) is 7.67. The summed E-state index contributed by atoms with van der Waals surface area (Å²) in [6.07, 6.45) is 2.31. The van der Waals surface area contributed by atoms with Gasteiger partial charge >= 0.3 is 0 Å². The van der Waals surface area contributed by atoms with Crippen molar-refractivity contribution in [2.75, 3.05) is 0 Å². The number of carbonyl (C=O) groups is 1. The highest BCUT2D eigenvalue weighted by Gasteiger charge is 2.19. The largest absolute Gasteiger partial charge is 0.273 e. The van der Waals surface area contributed by atoms with Gasteiger partial charge in [0, 0.05) is 12.1 Å². The molecule has 3 nitrogen and oxygen atoms in total. The maximum atomic E-state index is 12.4. The Balaban J connectivity index is 2.13. The van der Waals surface area contributed by atoms with E-state index in [0.717, 1.165) is 24.2 Å². The minimum absolute atomic E-state index is 0.0778. The maximum Gasteiger partial charge on any atom is 0.247 e. The lowest BCUT2D eigenvalue weighted by atomic mass is 9.97. The van der Waals surface area contributed by atoms with Crippen LogP contribution in [0.1, 0.15) is 59.9 Å². The third-order valence-corrected chi connectivity index (χ3v) is 4.16. The van der Waals surface area contributed by atoms with Crippen LogP contribution < -0.4 is 0 Å². The minimum Gasteiger partial charge on any atom is -0.273 e. The molecule has 0 spiro atoms. The summed E-state index contributed by atoms with van der Waals surface area (Å²) < 4.78 is 1.60. The molecule has 0 amide bonds. The number of nitrogens with zero attached hydrogens (tertiary/aromatic N) is 2. The number of aromatic nitrogens is 2. The topological polar surface area (TPSA) is 34.9 Å². The molecule has 3 heteroatoms. The molecule has 0 radical (unpaired) electrons. The molecule has 0 N–H and O–H groups in total. The summed E-state index contributed by atoms with van der Waals surface area (Å²) >= 11 is 0. The number of carbonyl (C=O) groups excluding carboxylic acids is 1. The summed E-state index contributed by atoms with van der Waals surface area (Å²) in [7, 11) is 0. The summed E-state index contributed by atoms with van der Waals surface area (Å²) in [4.78, 5) is 12.4. The van der Waals surface area contributed by atoms with E-state index in [0.29, 0.717) is 12.3 Å². The Kier molecular flexibility index (Phi) is 4.94. The van der Waals surface area contributed by atoms with Crippen LogP contribution in [0.15, 0.2) is 30.3 Å². The van der Waals surface area contributed by atoms with E-state index >= 15 is 0 Å². The first-order valence-corrected chi connectivity index (χ1v) is 7.67. The van der Waals surface area contributed by atoms with E-state index in [2.05, 4.69) is 31.1 Å². The zero-order chi connectivity index (χ0) is 15.4. The van der Waals surface area contributed by atoms with Crippen molar-refractivity contribution >= 4 is 5.91 Å². The minimum atomic E-state index is 0.0778. The van der Waals surface area contributed by atoms with Crippen molar-refractivity contribution in [1.29, 1.82) is 0 Å². The van der Waals surface area contributed by atoms with E-state index < -0.39 is 0 Å². The molecule has 21 heavy (non-hydrogen) atoms. The van der Waals surface area contributed by atoms with Crippen LogP contribution in [0, 0.1) is 13.8 Å². The van der Waals surface area contributed by atoms with E-state index in [1.165, 1.54) is 11.1 Å². The second-order valence-corrected chi connectivity index (χ2v) is 5.68. The van der Waals surface area contributed by atoms with Crippen molar-refractivity contribution in [1.82, 2.24) is 9.78 Å². The molecule has 112 valence electrons. The van der Waals surface area contributed by atoms with E-state index in [9.17, 15) is 4.79 Å². The normalized spacial score (nSPS) is 12.4. The Morgan fingerprint density at radius 1 is 1.24 bits per heavy atom. The molecular weight excluding hydrogens is 260 g/mol. The van der Waals surface area contributed by atoms with Crippen molar-refractivity contribution < 1.29 is 4.79 Å². The Morgan fingerprint density at radius 3 is 2.52 bits per heavy atom. The number of aryl methyl sites for hydroxylation is 2. The van der Waals surface area contributed by atoms with E-state index in [4.69, 9.17) is 0 Å². The molecule has 0 aliphatic carbocycles. The molecule has 1 heterocycles. The van der Waals surface area contributed by atoms with Crippen LogP contribution in [0.25, 0.3) is 0 Å². The van der Waals surface area contributed by atoms with Gasteiger partial charge in [0.1, 0.15) is 0 Å². The van der Waals surface area contributed by atoms with Crippen LogP contribution in [-0.4, -0.2) is 15.7 Å².